The third-order valence-electron chi connectivity index (χ3n) is 3.20. The van der Waals surface area contributed by atoms with E-state index in [4.69, 9.17) is 0 Å². The maximum absolute atomic E-state index is 3.88. The zero-order valence-electron chi connectivity index (χ0n) is 10.4. The average molecular weight is 199 g/mol. The molecule has 0 bridgehead atoms. The van der Waals surface area contributed by atoms with Crippen molar-refractivity contribution >= 4 is 0 Å². The Balaban J connectivity index is 3.77. The summed E-state index contributed by atoms with van der Waals surface area (Å²) in [6.45, 7) is 19.8. The highest BCUT2D eigenvalue weighted by Crippen LogP contribution is 2.03. The topological polar surface area (TPSA) is 12.0 Å². The molecule has 0 saturated heterocycles. The van der Waals surface area contributed by atoms with Crippen LogP contribution < -0.4 is 5.32 Å². The summed E-state index contributed by atoms with van der Waals surface area (Å²) in [6.07, 6.45) is 0. The number of rotatable bonds is 8. The third-order valence-corrected chi connectivity index (χ3v) is 3.20. The van der Waals surface area contributed by atoms with Gasteiger partial charge in [-0.05, 0) is 27.7 Å². The Morgan fingerprint density at radius 3 is 2.00 bits per heavy atom. The van der Waals surface area contributed by atoms with Crippen molar-refractivity contribution < 1.29 is 4.48 Å². The predicted octanol–water partition coefficient (Wildman–Crippen LogP) is 2.03. The Kier molecular flexibility index (Phi) is 6.85. The molecule has 1 N–H and O–H groups in total. The fourth-order valence-corrected chi connectivity index (χ4v) is 1.76. The predicted molar refractivity (Wildman–Crippen MR) is 64.4 cm³/mol. The lowest BCUT2D eigenvalue weighted by molar-refractivity contribution is -0.922. The first kappa shape index (κ1) is 13.7. The van der Waals surface area contributed by atoms with Gasteiger partial charge in [-0.25, -0.2) is 0 Å². The molecule has 0 amide bonds. The summed E-state index contributed by atoms with van der Waals surface area (Å²) in [5.41, 5.74) is 1.22. The minimum atomic E-state index is 0.955. The van der Waals surface area contributed by atoms with Gasteiger partial charge in [-0.2, -0.15) is 0 Å². The first-order chi connectivity index (χ1) is 6.60. The van der Waals surface area contributed by atoms with Gasteiger partial charge in [0.05, 0.1) is 26.2 Å². The van der Waals surface area contributed by atoms with Gasteiger partial charge in [0.15, 0.2) is 0 Å². The normalized spacial score (nSPS) is 11.7. The molecule has 2 nitrogen and oxygen atoms in total. The number of nitrogens with zero attached hydrogens (tertiary/aromatic N) is 1. The molecule has 0 spiro atoms. The van der Waals surface area contributed by atoms with Crippen LogP contribution in [0, 0.1) is 0 Å². The molecule has 0 aliphatic heterocycles. The molecule has 2 heteroatoms. The highest BCUT2D eigenvalue weighted by atomic mass is 15.3. The van der Waals surface area contributed by atoms with Crippen molar-refractivity contribution in [2.75, 3.05) is 39.3 Å². The molecule has 0 aliphatic carbocycles. The van der Waals surface area contributed by atoms with Gasteiger partial charge in [-0.3, -0.25) is 0 Å². The third kappa shape index (κ3) is 4.77. The van der Waals surface area contributed by atoms with Crippen LogP contribution in [0.2, 0.25) is 0 Å². The van der Waals surface area contributed by atoms with E-state index in [-0.39, 0.29) is 0 Å². The zero-order valence-corrected chi connectivity index (χ0v) is 10.4. The fraction of sp³-hybridized carbons (Fsp3) is 0.833. The average Bonchev–Trinajstić information content (AvgIpc) is 2.19. The molecule has 0 atom stereocenters. The van der Waals surface area contributed by atoms with E-state index < -0.39 is 0 Å². The first-order valence-electron chi connectivity index (χ1n) is 5.80. The van der Waals surface area contributed by atoms with Crippen LogP contribution >= 0.6 is 0 Å². The molecule has 14 heavy (non-hydrogen) atoms. The van der Waals surface area contributed by atoms with E-state index in [2.05, 4.69) is 39.6 Å². The summed E-state index contributed by atoms with van der Waals surface area (Å²) in [5, 5.41) is 3.43. The largest absolute Gasteiger partial charge is 0.323 e. The summed E-state index contributed by atoms with van der Waals surface area (Å²) < 4.78 is 1.23. The monoisotopic (exact) mass is 199 g/mol. The van der Waals surface area contributed by atoms with Crippen molar-refractivity contribution in [3.63, 3.8) is 0 Å². The Morgan fingerprint density at radius 1 is 1.14 bits per heavy atom. The van der Waals surface area contributed by atoms with Gasteiger partial charge in [0, 0.05) is 13.1 Å². The molecule has 0 aliphatic rings. The van der Waals surface area contributed by atoms with E-state index in [1.807, 2.05) is 0 Å². The van der Waals surface area contributed by atoms with Crippen molar-refractivity contribution in [2.45, 2.75) is 27.7 Å². The second-order valence-electron chi connectivity index (χ2n) is 4.15. The van der Waals surface area contributed by atoms with Gasteiger partial charge in [0.1, 0.15) is 0 Å². The summed E-state index contributed by atoms with van der Waals surface area (Å²) in [6, 6.07) is 0. The highest BCUT2D eigenvalue weighted by molar-refractivity contribution is 4.90. The highest BCUT2D eigenvalue weighted by Gasteiger charge is 2.19. The Hall–Kier alpha value is -0.340. The summed E-state index contributed by atoms with van der Waals surface area (Å²) in [5.74, 6) is 0. The van der Waals surface area contributed by atoms with Crippen molar-refractivity contribution in [1.29, 1.82) is 0 Å². The van der Waals surface area contributed by atoms with Crippen LogP contribution in [0.5, 0.6) is 0 Å². The number of likely N-dealkylation sites (N-methyl/N-ethyl adjacent to an activating group) is 1. The van der Waals surface area contributed by atoms with Crippen LogP contribution in [0.25, 0.3) is 0 Å². The van der Waals surface area contributed by atoms with Crippen LogP contribution in [-0.2, 0) is 0 Å². The maximum atomic E-state index is 3.88. The van der Waals surface area contributed by atoms with Gasteiger partial charge in [0.25, 0.3) is 0 Å². The van der Waals surface area contributed by atoms with Gasteiger partial charge in [0.2, 0.25) is 0 Å². The van der Waals surface area contributed by atoms with Crippen LogP contribution in [0.4, 0.5) is 0 Å². The minimum absolute atomic E-state index is 0.955. The quantitative estimate of drug-likeness (QED) is 0.358. The van der Waals surface area contributed by atoms with Gasteiger partial charge < -0.3 is 9.80 Å². The fourth-order valence-electron chi connectivity index (χ4n) is 1.76. The summed E-state index contributed by atoms with van der Waals surface area (Å²) in [7, 11) is 0. The molecular formula is C12H27N2+. The van der Waals surface area contributed by atoms with Crippen LogP contribution in [0.3, 0.4) is 0 Å². The van der Waals surface area contributed by atoms with Crippen LogP contribution in [0.15, 0.2) is 12.2 Å². The van der Waals surface area contributed by atoms with E-state index in [0.29, 0.717) is 0 Å². The molecule has 0 fully saturated rings. The van der Waals surface area contributed by atoms with Crippen molar-refractivity contribution in [1.82, 2.24) is 5.32 Å². The number of quaternary nitrogens is 1. The van der Waals surface area contributed by atoms with Crippen LogP contribution in [0.1, 0.15) is 27.7 Å². The lowest BCUT2D eigenvalue weighted by atomic mass is 10.3. The minimum Gasteiger partial charge on any atom is -0.323 e. The standard InChI is InChI=1S/C12H27N2/c1-6-14(7-2,8-3)10-9-13-11-12(4)5/h13H,4,6-11H2,1-3,5H3/q+1. The number of nitrogens with one attached hydrogen (secondary N) is 1. The van der Waals surface area contributed by atoms with E-state index in [1.54, 1.807) is 0 Å². The molecule has 0 heterocycles. The molecule has 0 saturated carbocycles. The molecule has 0 aromatic heterocycles. The smallest absolute Gasteiger partial charge is 0.0913 e. The number of hydrogen-bond acceptors (Lipinski definition) is 1. The van der Waals surface area contributed by atoms with Crippen molar-refractivity contribution in [2.24, 2.45) is 0 Å². The first-order valence-corrected chi connectivity index (χ1v) is 5.80. The lowest BCUT2D eigenvalue weighted by Crippen LogP contribution is -2.51. The molecule has 84 valence electrons. The van der Waals surface area contributed by atoms with Gasteiger partial charge >= 0.3 is 0 Å². The second kappa shape index (κ2) is 7.02. The molecule has 0 radical (unpaired) electrons. The lowest BCUT2D eigenvalue weighted by Gasteiger charge is -2.35. The van der Waals surface area contributed by atoms with Crippen molar-refractivity contribution in [3.8, 4) is 0 Å². The molecule has 0 rings (SSSR count). The number of hydrogen-bond donors (Lipinski definition) is 1. The van der Waals surface area contributed by atoms with E-state index in [0.717, 1.165) is 13.1 Å². The molecule has 0 unspecified atom stereocenters. The Labute approximate surface area is 89.6 Å². The summed E-state index contributed by atoms with van der Waals surface area (Å²) >= 11 is 0. The van der Waals surface area contributed by atoms with E-state index in [1.165, 1.54) is 36.2 Å². The Bertz CT molecular complexity index is 151. The van der Waals surface area contributed by atoms with Gasteiger partial charge in [-0.1, -0.05) is 12.2 Å². The SMILES string of the molecule is C=C(C)CNCC[N+](CC)(CC)CC. The van der Waals surface area contributed by atoms with Gasteiger partial charge in [-0.15, -0.1) is 0 Å². The van der Waals surface area contributed by atoms with E-state index in [9.17, 15) is 0 Å². The Morgan fingerprint density at radius 2 is 1.64 bits per heavy atom. The molecule has 0 aromatic rings. The van der Waals surface area contributed by atoms with Crippen LogP contribution in [-0.4, -0.2) is 43.8 Å². The summed E-state index contributed by atoms with van der Waals surface area (Å²) in [4.78, 5) is 0. The van der Waals surface area contributed by atoms with Crippen molar-refractivity contribution in [3.05, 3.63) is 12.2 Å². The molecule has 0 aromatic carbocycles. The second-order valence-corrected chi connectivity index (χ2v) is 4.15. The molecular weight excluding hydrogens is 172 g/mol. The zero-order chi connectivity index (χ0) is 11.0. The maximum Gasteiger partial charge on any atom is 0.0913 e. The van der Waals surface area contributed by atoms with E-state index >= 15 is 0 Å².